The van der Waals surface area contributed by atoms with Crippen LogP contribution in [-0.4, -0.2) is 124 Å². The third-order valence-corrected chi connectivity index (χ3v) is 20.4. The molecule has 6 N–H and O–H groups in total. The van der Waals surface area contributed by atoms with Crippen LogP contribution < -0.4 is 0 Å². The lowest BCUT2D eigenvalue weighted by atomic mass is 9.85. The molecule has 0 aromatic heterocycles. The van der Waals surface area contributed by atoms with Crippen molar-refractivity contribution < 1.29 is 30.6 Å². The second-order valence-corrected chi connectivity index (χ2v) is 27.5. The first-order valence-corrected chi connectivity index (χ1v) is 36.0. The van der Waals surface area contributed by atoms with E-state index >= 15 is 0 Å². The Hall–Kier alpha value is -8.64. The van der Waals surface area contributed by atoms with E-state index in [-0.39, 0.29) is 37.1 Å². The van der Waals surface area contributed by atoms with Crippen LogP contribution in [0.15, 0.2) is 237 Å². The van der Waals surface area contributed by atoms with Gasteiger partial charge in [-0.2, -0.15) is 0 Å². The molecule has 3 heterocycles. The van der Waals surface area contributed by atoms with Crippen molar-refractivity contribution in [1.29, 1.82) is 0 Å². The number of phenols is 3. The van der Waals surface area contributed by atoms with Gasteiger partial charge in [-0.25, -0.2) is 0 Å². The summed E-state index contributed by atoms with van der Waals surface area (Å²) in [4.78, 5) is 7.62. The van der Waals surface area contributed by atoms with Gasteiger partial charge in [0.1, 0.15) is 17.2 Å². The van der Waals surface area contributed by atoms with Crippen molar-refractivity contribution in [3.05, 3.63) is 303 Å². The number of benzene rings is 9. The minimum atomic E-state index is 0.149. The first-order valence-electron chi connectivity index (χ1n) is 36.0. The number of rotatable bonds is 23. The highest BCUT2D eigenvalue weighted by Crippen LogP contribution is 2.42. The van der Waals surface area contributed by atoms with E-state index in [4.69, 9.17) is 0 Å². The van der Waals surface area contributed by atoms with Crippen molar-refractivity contribution in [3.63, 3.8) is 0 Å². The molecule has 9 aromatic carbocycles. The average Bonchev–Trinajstić information content (AvgIpc) is 1.60. The quantitative estimate of drug-likeness (QED) is 0.0347. The van der Waals surface area contributed by atoms with Crippen LogP contribution in [0.4, 0.5) is 0 Å². The maximum absolute atomic E-state index is 10.2. The number of piperidine rings is 1. The Bertz CT molecular complexity index is 3870. The molecule has 13 rings (SSSR count). The number of likely N-dealkylation sites (tertiary alicyclic amines) is 3. The summed E-state index contributed by atoms with van der Waals surface area (Å²) in [6.07, 6.45) is 12.0. The molecule has 2 atom stereocenters. The molecule has 2 unspecified atom stereocenters. The second kappa shape index (κ2) is 35.2. The summed E-state index contributed by atoms with van der Waals surface area (Å²) in [6.45, 7) is 12.0. The van der Waals surface area contributed by atoms with E-state index in [1.165, 1.54) is 85.0 Å². The van der Waals surface area contributed by atoms with Gasteiger partial charge in [0.15, 0.2) is 0 Å². The molecular formula is C89H101N3O6. The zero-order valence-corrected chi connectivity index (χ0v) is 57.8. The number of aliphatic hydroxyl groups is 3. The van der Waals surface area contributed by atoms with Crippen LogP contribution in [0.2, 0.25) is 0 Å². The van der Waals surface area contributed by atoms with Crippen molar-refractivity contribution in [2.75, 3.05) is 66.1 Å². The minimum Gasteiger partial charge on any atom is -0.508 e. The molecule has 0 spiro atoms. The number of phenolic OH excluding ortho intramolecular Hbond substituents is 3. The maximum Gasteiger partial charge on any atom is 0.116 e. The molecule has 1 saturated carbocycles. The van der Waals surface area contributed by atoms with Gasteiger partial charge in [-0.3, -0.25) is 4.90 Å². The van der Waals surface area contributed by atoms with Gasteiger partial charge >= 0.3 is 0 Å². The van der Waals surface area contributed by atoms with Crippen molar-refractivity contribution in [3.8, 4) is 17.2 Å². The van der Waals surface area contributed by atoms with Gasteiger partial charge in [-0.15, -0.1) is 0 Å². The van der Waals surface area contributed by atoms with E-state index in [9.17, 15) is 30.6 Å². The predicted octanol–water partition coefficient (Wildman–Crippen LogP) is 18.3. The minimum absolute atomic E-state index is 0.149. The molecule has 1 aliphatic carbocycles. The fourth-order valence-electron chi connectivity index (χ4n) is 14.9. The molecule has 9 aromatic rings. The Morgan fingerprint density at radius 2 is 0.673 bits per heavy atom. The lowest BCUT2D eigenvalue weighted by Crippen LogP contribution is -2.29. The number of allylic oxidation sites excluding steroid dienone is 3. The molecular weight excluding hydrogens is 1210 g/mol. The Morgan fingerprint density at radius 3 is 1.00 bits per heavy atom. The van der Waals surface area contributed by atoms with Gasteiger partial charge in [0.25, 0.3) is 0 Å². The molecule has 0 amide bonds. The molecule has 0 bridgehead atoms. The molecule has 9 heteroatoms. The highest BCUT2D eigenvalue weighted by molar-refractivity contribution is 6.01. The summed E-state index contributed by atoms with van der Waals surface area (Å²) < 4.78 is 0. The van der Waals surface area contributed by atoms with Crippen LogP contribution in [-0.2, 0) is 0 Å². The lowest BCUT2D eigenvalue weighted by Gasteiger charge is -2.29. The monoisotopic (exact) mass is 1310 g/mol. The maximum atomic E-state index is 10.2. The first kappa shape index (κ1) is 70.7. The third kappa shape index (κ3) is 18.8. The highest BCUT2D eigenvalue weighted by Gasteiger charge is 2.35. The fourth-order valence-corrected chi connectivity index (χ4v) is 14.9. The number of aliphatic hydroxyl groups excluding tert-OH is 3. The van der Waals surface area contributed by atoms with E-state index in [1.54, 1.807) is 18.2 Å². The zero-order chi connectivity index (χ0) is 68.2. The van der Waals surface area contributed by atoms with Gasteiger partial charge in [0, 0.05) is 45.0 Å². The Balaban J connectivity index is 0.000000149. The number of aromatic hydroxyl groups is 3. The molecule has 9 nitrogen and oxygen atoms in total. The van der Waals surface area contributed by atoms with Gasteiger partial charge in [0.05, 0.1) is 0 Å². The standard InChI is InChI=1S/C30H33NO2.C30H35NO2.C29H33NO2/c32-19-5-10-29(23-6-2-1-3-7-23)30(25-8-4-9-28(33)20-25)24-13-11-22(12-14-24)26-17-18-31(21-26)27-15-16-27;1-22(2)31-18-17-27(21-31)23-13-15-25(16-14-23)30(26-10-6-11-28(33)20-26)29(12-7-19-32)24-8-4-3-5-9-24;1-30-18-16-23(17-19-30)22-12-14-25(15-13-22)29(26-9-5-10-27(32)21-26)28(11-6-20-31)24-7-3-2-4-8-24/h1-4,6-9,11-14,20,26-27,32-33H,5,10,15-19,21H2;3-6,8-11,13-16,20,22,27,32-33H,7,12,17-19,21H2,1-2H3;2-5,7-10,12-15,21,23,31-32H,6,11,16-20H2,1H3/b2*30-29+;29-28+. The van der Waals surface area contributed by atoms with Crippen molar-refractivity contribution >= 4 is 33.4 Å². The summed E-state index contributed by atoms with van der Waals surface area (Å²) in [5.74, 6) is 2.61. The largest absolute Gasteiger partial charge is 0.508 e. The smallest absolute Gasteiger partial charge is 0.116 e. The summed E-state index contributed by atoms with van der Waals surface area (Å²) >= 11 is 0. The molecule has 508 valence electrons. The lowest BCUT2D eigenvalue weighted by molar-refractivity contribution is 0.255. The summed E-state index contributed by atoms with van der Waals surface area (Å²) in [5.41, 5.74) is 21.1. The number of hydrogen-bond donors (Lipinski definition) is 6. The van der Waals surface area contributed by atoms with E-state index in [1.807, 2.05) is 54.6 Å². The summed E-state index contributed by atoms with van der Waals surface area (Å²) in [5, 5.41) is 59.4. The second-order valence-electron chi connectivity index (χ2n) is 27.5. The Labute approximate surface area is 583 Å². The molecule has 98 heavy (non-hydrogen) atoms. The Morgan fingerprint density at radius 1 is 0.347 bits per heavy atom. The highest BCUT2D eigenvalue weighted by atomic mass is 16.3. The summed E-state index contributed by atoms with van der Waals surface area (Å²) in [6, 6.07) is 82.3. The molecule has 3 saturated heterocycles. The summed E-state index contributed by atoms with van der Waals surface area (Å²) in [7, 11) is 2.20. The van der Waals surface area contributed by atoms with Crippen molar-refractivity contribution in [1.82, 2.24) is 14.7 Å². The van der Waals surface area contributed by atoms with E-state index < -0.39 is 0 Å². The van der Waals surface area contributed by atoms with Crippen LogP contribution in [0, 0.1) is 0 Å². The van der Waals surface area contributed by atoms with Crippen LogP contribution in [0.3, 0.4) is 0 Å². The molecule has 3 aliphatic heterocycles. The fraction of sp³-hybridized carbons (Fsp3) is 0.326. The van der Waals surface area contributed by atoms with Gasteiger partial charge in [-0.05, 0) is 278 Å². The van der Waals surface area contributed by atoms with Crippen LogP contribution in [0.5, 0.6) is 17.2 Å². The van der Waals surface area contributed by atoms with E-state index in [0.29, 0.717) is 43.1 Å². The van der Waals surface area contributed by atoms with Gasteiger partial charge in [0.2, 0.25) is 0 Å². The van der Waals surface area contributed by atoms with Crippen molar-refractivity contribution in [2.45, 2.75) is 121 Å². The van der Waals surface area contributed by atoms with Gasteiger partial charge < -0.3 is 40.4 Å². The average molecular weight is 1310 g/mol. The molecule has 0 radical (unpaired) electrons. The van der Waals surface area contributed by atoms with Crippen LogP contribution >= 0.6 is 0 Å². The number of nitrogens with zero attached hydrogens (tertiary/aromatic N) is 3. The molecule has 4 aliphatic rings. The van der Waals surface area contributed by atoms with Crippen LogP contribution in [0.1, 0.15) is 175 Å². The topological polar surface area (TPSA) is 131 Å². The van der Waals surface area contributed by atoms with E-state index in [2.05, 4.69) is 199 Å². The molecule has 4 fully saturated rings. The zero-order valence-electron chi connectivity index (χ0n) is 57.8. The van der Waals surface area contributed by atoms with Crippen molar-refractivity contribution in [2.24, 2.45) is 0 Å². The van der Waals surface area contributed by atoms with Gasteiger partial charge in [-0.1, -0.05) is 200 Å². The normalized spacial score (nSPS) is 17.7. The predicted molar refractivity (Wildman–Crippen MR) is 405 cm³/mol. The van der Waals surface area contributed by atoms with Crippen LogP contribution in [0.25, 0.3) is 33.4 Å². The first-order chi connectivity index (χ1) is 47.9. The SMILES string of the molecule is CC(C)N1CCC(c2ccc(/C(=C(/CCCO)c3ccccc3)c3cccc(O)c3)cc2)C1.CN1CCC(c2ccc(/C(=C(/CCCO)c3ccccc3)c3cccc(O)c3)cc2)CC1.OCCC/C(=C(/c1ccc(C2CCN(C3CC3)C2)cc1)c1cccc(O)c1)c1ccccc1. The number of hydrogen-bond acceptors (Lipinski definition) is 9. The third-order valence-electron chi connectivity index (χ3n) is 20.4. The van der Waals surface area contributed by atoms with E-state index in [0.717, 1.165) is 118 Å². The Kier molecular flexibility index (Phi) is 25.4.